The quantitative estimate of drug-likeness (QED) is 0.466. The summed E-state index contributed by atoms with van der Waals surface area (Å²) in [7, 11) is 0. The lowest BCUT2D eigenvalue weighted by atomic mass is 9.91. The van der Waals surface area contributed by atoms with Crippen molar-refractivity contribution in [2.45, 2.75) is 24.8 Å². The summed E-state index contributed by atoms with van der Waals surface area (Å²) in [4.78, 5) is 9.48. The Labute approximate surface area is 167 Å². The second kappa shape index (κ2) is 6.86. The van der Waals surface area contributed by atoms with Gasteiger partial charge in [-0.15, -0.1) is 0 Å². The van der Waals surface area contributed by atoms with Crippen LogP contribution in [-0.4, -0.2) is 37.3 Å². The molecule has 0 amide bonds. The zero-order valence-electron chi connectivity index (χ0n) is 15.9. The first-order valence-electron chi connectivity index (χ1n) is 9.70. The second-order valence-electron chi connectivity index (χ2n) is 7.54. The number of para-hydroxylation sites is 1. The largest absolute Gasteiger partial charge is 0.511 e. The van der Waals surface area contributed by atoms with Gasteiger partial charge in [0.2, 0.25) is 0 Å². The molecule has 1 fully saturated rings. The Hall–Kier alpha value is -3.45. The Morgan fingerprint density at radius 2 is 2.07 bits per heavy atom. The second-order valence-corrected chi connectivity index (χ2v) is 7.54. The monoisotopic (exact) mass is 386 g/mol. The van der Waals surface area contributed by atoms with Crippen molar-refractivity contribution in [3.05, 3.63) is 66.8 Å². The maximum Gasteiger partial charge on any atom is 0.165 e. The topological polar surface area (TPSA) is 101 Å². The summed E-state index contributed by atoms with van der Waals surface area (Å²) in [5, 5.41) is 18.5. The summed E-state index contributed by atoms with van der Waals surface area (Å²) in [6, 6.07) is 12.0. The fourth-order valence-corrected chi connectivity index (χ4v) is 4.03. The van der Waals surface area contributed by atoms with Gasteiger partial charge in [-0.3, -0.25) is 4.98 Å². The van der Waals surface area contributed by atoms with Crippen LogP contribution in [0.1, 0.15) is 24.5 Å². The van der Waals surface area contributed by atoms with Gasteiger partial charge in [0.25, 0.3) is 0 Å². The molecule has 4 heterocycles. The van der Waals surface area contributed by atoms with E-state index in [9.17, 15) is 5.11 Å². The van der Waals surface area contributed by atoms with Crippen LogP contribution in [0.25, 0.3) is 27.7 Å². The van der Waals surface area contributed by atoms with E-state index in [1.54, 1.807) is 10.7 Å². The van der Waals surface area contributed by atoms with Crippen LogP contribution in [0.3, 0.4) is 0 Å². The van der Waals surface area contributed by atoms with Crippen LogP contribution in [0, 0.1) is 0 Å². The van der Waals surface area contributed by atoms with Gasteiger partial charge in [0.05, 0.1) is 23.4 Å². The number of aliphatic hydroxyl groups is 1. The third-order valence-electron chi connectivity index (χ3n) is 5.66. The van der Waals surface area contributed by atoms with E-state index < -0.39 is 0 Å². The highest BCUT2D eigenvalue weighted by Crippen LogP contribution is 2.31. The molecule has 1 aliphatic heterocycles. The maximum absolute atomic E-state index is 9.62. The maximum atomic E-state index is 9.62. The van der Waals surface area contributed by atoms with Crippen molar-refractivity contribution in [1.82, 2.24) is 24.9 Å². The molecule has 0 saturated carbocycles. The van der Waals surface area contributed by atoms with Gasteiger partial charge in [-0.05, 0) is 25.0 Å². The van der Waals surface area contributed by atoms with Crippen LogP contribution in [0.5, 0.6) is 0 Å². The molecule has 1 saturated heterocycles. The van der Waals surface area contributed by atoms with Crippen molar-refractivity contribution < 1.29 is 5.11 Å². The standard InChI is InChI=1S/C22H22N6O/c1-13(29)18-7-6-15(10-24-18)20-9-21(23)28-22(27-20)17(12-26-28)16-8-14-4-2-3-5-19(14)25-11-16/h2-5,8-9,11-12,15,18,24,29H,1,6-7,10,23H2/t15-,18-/m0/s1. The lowest BCUT2D eigenvalue weighted by molar-refractivity contribution is 0.293. The number of nitrogen functional groups attached to an aromatic ring is 1. The van der Waals surface area contributed by atoms with Crippen LogP contribution in [0.4, 0.5) is 5.82 Å². The molecule has 0 bridgehead atoms. The highest BCUT2D eigenvalue weighted by molar-refractivity contribution is 5.86. The molecule has 7 heteroatoms. The van der Waals surface area contributed by atoms with Crippen molar-refractivity contribution in [2.24, 2.45) is 0 Å². The van der Waals surface area contributed by atoms with Gasteiger partial charge < -0.3 is 16.2 Å². The zero-order chi connectivity index (χ0) is 20.0. The fourth-order valence-electron chi connectivity index (χ4n) is 4.03. The molecule has 1 aliphatic rings. The van der Waals surface area contributed by atoms with Crippen LogP contribution < -0.4 is 11.1 Å². The van der Waals surface area contributed by atoms with E-state index in [0.29, 0.717) is 12.4 Å². The number of rotatable bonds is 3. The van der Waals surface area contributed by atoms with Crippen LogP contribution >= 0.6 is 0 Å². The molecule has 29 heavy (non-hydrogen) atoms. The minimum atomic E-state index is -0.0541. The lowest BCUT2D eigenvalue weighted by Crippen LogP contribution is -2.39. The predicted molar refractivity (Wildman–Crippen MR) is 114 cm³/mol. The average molecular weight is 386 g/mol. The van der Waals surface area contributed by atoms with Crippen molar-refractivity contribution in [2.75, 3.05) is 12.3 Å². The molecular weight excluding hydrogens is 364 g/mol. The highest BCUT2D eigenvalue weighted by atomic mass is 16.3. The third-order valence-corrected chi connectivity index (χ3v) is 5.66. The predicted octanol–water partition coefficient (Wildman–Crippen LogP) is 3.43. The number of benzene rings is 1. The molecule has 0 spiro atoms. The molecule has 146 valence electrons. The number of nitrogens with two attached hydrogens (primary N) is 1. The van der Waals surface area contributed by atoms with Gasteiger partial charge in [0.1, 0.15) is 11.6 Å². The smallest absolute Gasteiger partial charge is 0.165 e. The zero-order valence-corrected chi connectivity index (χ0v) is 15.9. The van der Waals surface area contributed by atoms with Crippen LogP contribution in [-0.2, 0) is 0 Å². The van der Waals surface area contributed by atoms with Crippen molar-refractivity contribution >= 4 is 22.4 Å². The first-order chi connectivity index (χ1) is 14.1. The molecule has 4 aromatic rings. The summed E-state index contributed by atoms with van der Waals surface area (Å²) < 4.78 is 1.67. The molecule has 7 nitrogen and oxygen atoms in total. The Morgan fingerprint density at radius 3 is 2.86 bits per heavy atom. The van der Waals surface area contributed by atoms with E-state index >= 15 is 0 Å². The normalized spacial score (nSPS) is 19.6. The van der Waals surface area contributed by atoms with E-state index in [2.05, 4.69) is 28.0 Å². The molecule has 0 unspecified atom stereocenters. The van der Waals surface area contributed by atoms with Gasteiger partial charge in [-0.1, -0.05) is 24.8 Å². The van der Waals surface area contributed by atoms with Crippen molar-refractivity contribution in [3.8, 4) is 11.1 Å². The number of nitrogens with one attached hydrogen (secondary N) is 1. The van der Waals surface area contributed by atoms with E-state index in [4.69, 9.17) is 10.7 Å². The average Bonchev–Trinajstić information content (AvgIpc) is 3.18. The first kappa shape index (κ1) is 17.6. The number of pyridine rings is 1. The molecule has 0 radical (unpaired) electrons. The van der Waals surface area contributed by atoms with Gasteiger partial charge in [0, 0.05) is 41.2 Å². The number of piperidine rings is 1. The summed E-state index contributed by atoms with van der Waals surface area (Å²) in [5.41, 5.74) is 10.8. The SMILES string of the molecule is C=C(O)[C@@H]1CC[C@H](c2cc(N)n3ncc(-c4cnc5ccccc5c4)c3n2)CN1. The molecule has 5 rings (SSSR count). The molecule has 3 aromatic heterocycles. The number of aromatic nitrogens is 4. The summed E-state index contributed by atoms with van der Waals surface area (Å²) in [6.07, 6.45) is 5.36. The number of aliphatic hydroxyl groups excluding tert-OH is 1. The minimum absolute atomic E-state index is 0.0541. The van der Waals surface area contributed by atoms with Gasteiger partial charge in [-0.25, -0.2) is 4.98 Å². The van der Waals surface area contributed by atoms with Crippen LogP contribution in [0.2, 0.25) is 0 Å². The first-order valence-corrected chi connectivity index (χ1v) is 9.70. The minimum Gasteiger partial charge on any atom is -0.511 e. The number of anilines is 1. The molecule has 1 aromatic carbocycles. The summed E-state index contributed by atoms with van der Waals surface area (Å²) in [5.74, 6) is 0.960. The van der Waals surface area contributed by atoms with Crippen LogP contribution in [0.15, 0.2) is 61.1 Å². The van der Waals surface area contributed by atoms with Gasteiger partial charge in [-0.2, -0.15) is 9.61 Å². The van der Waals surface area contributed by atoms with Gasteiger partial charge >= 0.3 is 0 Å². The van der Waals surface area contributed by atoms with Gasteiger partial charge in [0.15, 0.2) is 5.65 Å². The summed E-state index contributed by atoms with van der Waals surface area (Å²) >= 11 is 0. The number of hydrogen-bond donors (Lipinski definition) is 3. The number of nitrogens with zero attached hydrogens (tertiary/aromatic N) is 4. The fraction of sp³-hybridized carbons (Fsp3) is 0.227. The van der Waals surface area contributed by atoms with E-state index in [1.807, 2.05) is 36.5 Å². The van der Waals surface area contributed by atoms with Crippen molar-refractivity contribution in [1.29, 1.82) is 0 Å². The molecule has 2 atom stereocenters. The molecular formula is C22H22N6O. The van der Waals surface area contributed by atoms with E-state index in [1.165, 1.54) is 0 Å². The third kappa shape index (κ3) is 3.09. The van der Waals surface area contributed by atoms with E-state index in [-0.39, 0.29) is 17.7 Å². The lowest BCUT2D eigenvalue weighted by Gasteiger charge is -2.29. The molecule has 4 N–H and O–H groups in total. The Balaban J connectivity index is 1.55. The Kier molecular flexibility index (Phi) is 4.17. The Morgan fingerprint density at radius 1 is 1.21 bits per heavy atom. The Bertz CT molecular complexity index is 1220. The van der Waals surface area contributed by atoms with E-state index in [0.717, 1.165) is 46.2 Å². The highest BCUT2D eigenvalue weighted by Gasteiger charge is 2.25. The van der Waals surface area contributed by atoms with Crippen molar-refractivity contribution in [3.63, 3.8) is 0 Å². The number of fused-ring (bicyclic) bond motifs is 2. The number of hydrogen-bond acceptors (Lipinski definition) is 6. The summed E-state index contributed by atoms with van der Waals surface area (Å²) in [6.45, 7) is 4.35. The molecule has 0 aliphatic carbocycles.